The Kier molecular flexibility index (Phi) is 3.45. The van der Waals surface area contributed by atoms with Gasteiger partial charge in [0.05, 0.1) is 6.42 Å². The van der Waals surface area contributed by atoms with Gasteiger partial charge in [0.1, 0.15) is 0 Å². The van der Waals surface area contributed by atoms with Crippen LogP contribution in [0.25, 0.3) is 10.8 Å². The predicted molar refractivity (Wildman–Crippen MR) is 81.4 cm³/mol. The summed E-state index contributed by atoms with van der Waals surface area (Å²) in [6.45, 7) is 2.82. The molecule has 3 nitrogen and oxygen atoms in total. The summed E-state index contributed by atoms with van der Waals surface area (Å²) in [4.78, 5) is 14.3. The van der Waals surface area contributed by atoms with Crippen LogP contribution in [0.3, 0.4) is 0 Å². The van der Waals surface area contributed by atoms with E-state index < -0.39 is 0 Å². The van der Waals surface area contributed by atoms with Gasteiger partial charge in [-0.25, -0.2) is 0 Å². The molecular formula is C17H20N2O. The molecule has 104 valence electrons. The zero-order valence-corrected chi connectivity index (χ0v) is 11.8. The Morgan fingerprint density at radius 3 is 2.70 bits per heavy atom. The van der Waals surface area contributed by atoms with Crippen LogP contribution in [0.1, 0.15) is 18.9 Å². The van der Waals surface area contributed by atoms with Crippen LogP contribution in [-0.4, -0.2) is 29.4 Å². The SMILES string of the molecule is CC1C(N)CCN1C(=O)Cc1ccc2ccccc2c1. The summed E-state index contributed by atoms with van der Waals surface area (Å²) >= 11 is 0. The molecule has 1 amide bonds. The van der Waals surface area contributed by atoms with E-state index in [1.165, 1.54) is 10.8 Å². The van der Waals surface area contributed by atoms with Crippen LogP contribution in [0.4, 0.5) is 0 Å². The number of carbonyl (C=O) groups is 1. The van der Waals surface area contributed by atoms with E-state index >= 15 is 0 Å². The van der Waals surface area contributed by atoms with Crippen molar-refractivity contribution in [2.45, 2.75) is 31.8 Å². The van der Waals surface area contributed by atoms with Crippen LogP contribution in [0.5, 0.6) is 0 Å². The molecule has 20 heavy (non-hydrogen) atoms. The summed E-state index contributed by atoms with van der Waals surface area (Å²) in [6, 6.07) is 14.7. The van der Waals surface area contributed by atoms with Gasteiger partial charge in [0.25, 0.3) is 0 Å². The first-order valence-corrected chi connectivity index (χ1v) is 7.18. The number of hydrogen-bond acceptors (Lipinski definition) is 2. The molecule has 0 bridgehead atoms. The zero-order chi connectivity index (χ0) is 14.1. The quantitative estimate of drug-likeness (QED) is 0.908. The first-order chi connectivity index (χ1) is 9.65. The van der Waals surface area contributed by atoms with Crippen molar-refractivity contribution in [2.24, 2.45) is 5.73 Å². The molecule has 2 atom stereocenters. The maximum absolute atomic E-state index is 12.4. The minimum atomic E-state index is 0.121. The molecule has 3 heteroatoms. The second-order valence-electron chi connectivity index (χ2n) is 5.64. The first kappa shape index (κ1) is 13.1. The molecule has 0 radical (unpaired) electrons. The molecule has 1 aliphatic rings. The van der Waals surface area contributed by atoms with E-state index in [1.54, 1.807) is 0 Å². The molecule has 0 spiro atoms. The molecule has 1 fully saturated rings. The van der Waals surface area contributed by atoms with E-state index in [1.807, 2.05) is 30.0 Å². The highest BCUT2D eigenvalue weighted by Gasteiger charge is 2.31. The summed E-state index contributed by atoms with van der Waals surface area (Å²) in [5.74, 6) is 0.181. The van der Waals surface area contributed by atoms with Gasteiger partial charge in [-0.3, -0.25) is 4.79 Å². The first-order valence-electron chi connectivity index (χ1n) is 7.18. The molecule has 3 rings (SSSR count). The number of rotatable bonds is 2. The maximum Gasteiger partial charge on any atom is 0.227 e. The number of hydrogen-bond donors (Lipinski definition) is 1. The van der Waals surface area contributed by atoms with Crippen molar-refractivity contribution in [1.82, 2.24) is 4.90 Å². The van der Waals surface area contributed by atoms with Crippen molar-refractivity contribution in [3.63, 3.8) is 0 Å². The Bertz CT molecular complexity index is 638. The molecular weight excluding hydrogens is 248 g/mol. The van der Waals surface area contributed by atoms with Crippen molar-refractivity contribution < 1.29 is 4.79 Å². The summed E-state index contributed by atoms with van der Waals surface area (Å²) in [7, 11) is 0. The fraction of sp³-hybridized carbons (Fsp3) is 0.353. The standard InChI is InChI=1S/C17H20N2O/c1-12-16(18)8-9-19(12)17(20)11-13-6-7-14-4-2-3-5-15(14)10-13/h2-7,10,12,16H,8-9,11,18H2,1H3. The number of nitrogens with zero attached hydrogens (tertiary/aromatic N) is 1. The Morgan fingerprint density at radius 2 is 2.00 bits per heavy atom. The van der Waals surface area contributed by atoms with Gasteiger partial charge < -0.3 is 10.6 Å². The van der Waals surface area contributed by atoms with Crippen molar-refractivity contribution in [1.29, 1.82) is 0 Å². The van der Waals surface area contributed by atoms with Crippen LogP contribution >= 0.6 is 0 Å². The predicted octanol–water partition coefficient (Wildman–Crippen LogP) is 2.33. The highest BCUT2D eigenvalue weighted by Crippen LogP contribution is 2.19. The van der Waals surface area contributed by atoms with Gasteiger partial charge in [0, 0.05) is 18.6 Å². The second kappa shape index (κ2) is 5.25. The molecule has 0 aromatic heterocycles. The Hall–Kier alpha value is -1.87. The lowest BCUT2D eigenvalue weighted by Crippen LogP contribution is -2.41. The third kappa shape index (κ3) is 2.41. The van der Waals surface area contributed by atoms with E-state index in [2.05, 4.69) is 24.3 Å². The van der Waals surface area contributed by atoms with E-state index in [4.69, 9.17) is 5.73 Å². The van der Waals surface area contributed by atoms with Crippen molar-refractivity contribution in [2.75, 3.05) is 6.54 Å². The number of fused-ring (bicyclic) bond motifs is 1. The van der Waals surface area contributed by atoms with E-state index in [-0.39, 0.29) is 18.0 Å². The topological polar surface area (TPSA) is 46.3 Å². The summed E-state index contributed by atoms with van der Waals surface area (Å²) in [5, 5.41) is 2.39. The molecule has 0 saturated carbocycles. The van der Waals surface area contributed by atoms with Crippen molar-refractivity contribution in [3.8, 4) is 0 Å². The minimum absolute atomic E-state index is 0.121. The van der Waals surface area contributed by atoms with Gasteiger partial charge in [-0.1, -0.05) is 42.5 Å². The summed E-state index contributed by atoms with van der Waals surface area (Å²) in [6.07, 6.45) is 1.37. The summed E-state index contributed by atoms with van der Waals surface area (Å²) < 4.78 is 0. The smallest absolute Gasteiger partial charge is 0.227 e. The van der Waals surface area contributed by atoms with Gasteiger partial charge in [-0.05, 0) is 29.7 Å². The third-order valence-electron chi connectivity index (χ3n) is 4.30. The lowest BCUT2D eigenvalue weighted by atomic mass is 10.0. The molecule has 1 heterocycles. The molecule has 2 aromatic carbocycles. The van der Waals surface area contributed by atoms with E-state index in [0.717, 1.165) is 18.5 Å². The third-order valence-corrected chi connectivity index (χ3v) is 4.30. The molecule has 2 aromatic rings. The van der Waals surface area contributed by atoms with Crippen LogP contribution in [0.15, 0.2) is 42.5 Å². The monoisotopic (exact) mass is 268 g/mol. The molecule has 0 aliphatic carbocycles. The van der Waals surface area contributed by atoms with Crippen LogP contribution in [0, 0.1) is 0 Å². The normalized spacial score (nSPS) is 22.4. The molecule has 2 unspecified atom stereocenters. The van der Waals surface area contributed by atoms with Gasteiger partial charge in [-0.2, -0.15) is 0 Å². The Labute approximate surface area is 119 Å². The highest BCUT2D eigenvalue weighted by molar-refractivity contribution is 5.85. The van der Waals surface area contributed by atoms with Gasteiger partial charge >= 0.3 is 0 Å². The molecule has 1 aliphatic heterocycles. The number of amides is 1. The van der Waals surface area contributed by atoms with Crippen LogP contribution < -0.4 is 5.73 Å². The Morgan fingerprint density at radius 1 is 1.25 bits per heavy atom. The maximum atomic E-state index is 12.4. The number of benzene rings is 2. The molecule has 1 saturated heterocycles. The lowest BCUT2D eigenvalue weighted by Gasteiger charge is -2.23. The average molecular weight is 268 g/mol. The number of carbonyl (C=O) groups excluding carboxylic acids is 1. The average Bonchev–Trinajstić information content (AvgIpc) is 2.79. The van der Waals surface area contributed by atoms with Crippen molar-refractivity contribution >= 4 is 16.7 Å². The van der Waals surface area contributed by atoms with Gasteiger partial charge in [-0.15, -0.1) is 0 Å². The highest BCUT2D eigenvalue weighted by atomic mass is 16.2. The van der Waals surface area contributed by atoms with Gasteiger partial charge in [0.15, 0.2) is 0 Å². The van der Waals surface area contributed by atoms with Crippen molar-refractivity contribution in [3.05, 3.63) is 48.0 Å². The van der Waals surface area contributed by atoms with Crippen LogP contribution in [0.2, 0.25) is 0 Å². The number of likely N-dealkylation sites (tertiary alicyclic amines) is 1. The lowest BCUT2D eigenvalue weighted by molar-refractivity contribution is -0.131. The second-order valence-corrected chi connectivity index (χ2v) is 5.64. The minimum Gasteiger partial charge on any atom is -0.338 e. The zero-order valence-electron chi connectivity index (χ0n) is 11.8. The summed E-state index contributed by atoms with van der Waals surface area (Å²) in [5.41, 5.74) is 7.05. The Balaban J connectivity index is 1.77. The molecule has 2 N–H and O–H groups in total. The van der Waals surface area contributed by atoms with E-state index in [0.29, 0.717) is 6.42 Å². The largest absolute Gasteiger partial charge is 0.338 e. The van der Waals surface area contributed by atoms with Crippen LogP contribution in [-0.2, 0) is 11.2 Å². The fourth-order valence-corrected chi connectivity index (χ4v) is 2.94. The van der Waals surface area contributed by atoms with E-state index in [9.17, 15) is 4.79 Å². The number of nitrogens with two attached hydrogens (primary N) is 1. The fourth-order valence-electron chi connectivity index (χ4n) is 2.94. The van der Waals surface area contributed by atoms with Gasteiger partial charge in [0.2, 0.25) is 5.91 Å².